The summed E-state index contributed by atoms with van der Waals surface area (Å²) in [6.45, 7) is 1.30. The summed E-state index contributed by atoms with van der Waals surface area (Å²) >= 11 is 0. The van der Waals surface area contributed by atoms with E-state index in [1.54, 1.807) is 0 Å². The van der Waals surface area contributed by atoms with Crippen molar-refractivity contribution < 1.29 is 13.9 Å². The second-order valence-corrected chi connectivity index (χ2v) is 6.43. The number of hydrogen-bond acceptors (Lipinski definition) is 3. The minimum absolute atomic E-state index is 0.00402. The van der Waals surface area contributed by atoms with Gasteiger partial charge in [0, 0.05) is 24.5 Å². The standard InChI is InChI=1S/C21H21NO3/c23-21(16-10-12-24-13-11-16)22-20(15-6-2-1-3-7-15)19-14-17-8-4-5-9-18(17)25-19/h1-9,14,16,20H,10-13H2,(H,22,23)/t20-/m0/s1. The van der Waals surface area contributed by atoms with Crippen molar-refractivity contribution in [2.45, 2.75) is 18.9 Å². The Bertz CT molecular complexity index is 817. The fraction of sp³-hybridized carbons (Fsp3) is 0.286. The van der Waals surface area contributed by atoms with Crippen LogP contribution in [-0.2, 0) is 9.53 Å². The number of para-hydroxylation sites is 1. The summed E-state index contributed by atoms with van der Waals surface area (Å²) in [6.07, 6.45) is 1.54. The van der Waals surface area contributed by atoms with Crippen LogP contribution in [0.3, 0.4) is 0 Å². The number of furan rings is 1. The molecule has 2 heterocycles. The third-order valence-corrected chi connectivity index (χ3v) is 4.74. The van der Waals surface area contributed by atoms with E-state index in [0.29, 0.717) is 13.2 Å². The van der Waals surface area contributed by atoms with Gasteiger partial charge in [-0.3, -0.25) is 4.79 Å². The summed E-state index contributed by atoms with van der Waals surface area (Å²) in [4.78, 5) is 12.8. The molecule has 1 fully saturated rings. The van der Waals surface area contributed by atoms with Crippen LogP contribution in [0.5, 0.6) is 0 Å². The van der Waals surface area contributed by atoms with Crippen LogP contribution in [0.4, 0.5) is 0 Å². The smallest absolute Gasteiger partial charge is 0.224 e. The van der Waals surface area contributed by atoms with Gasteiger partial charge in [-0.15, -0.1) is 0 Å². The lowest BCUT2D eigenvalue weighted by Crippen LogP contribution is -2.37. The molecule has 0 bridgehead atoms. The van der Waals surface area contributed by atoms with E-state index in [1.807, 2.05) is 60.7 Å². The Labute approximate surface area is 146 Å². The largest absolute Gasteiger partial charge is 0.459 e. The molecule has 1 aromatic heterocycles. The fourth-order valence-electron chi connectivity index (χ4n) is 3.33. The SMILES string of the molecule is O=C(N[C@@H](c1ccccc1)c1cc2ccccc2o1)C1CCOCC1. The highest BCUT2D eigenvalue weighted by molar-refractivity contribution is 5.81. The van der Waals surface area contributed by atoms with Gasteiger partial charge < -0.3 is 14.5 Å². The maximum absolute atomic E-state index is 12.8. The topological polar surface area (TPSA) is 51.5 Å². The van der Waals surface area contributed by atoms with E-state index in [2.05, 4.69) is 5.32 Å². The van der Waals surface area contributed by atoms with Gasteiger partial charge in [-0.25, -0.2) is 0 Å². The van der Waals surface area contributed by atoms with E-state index in [1.165, 1.54) is 0 Å². The molecule has 128 valence electrons. The van der Waals surface area contributed by atoms with E-state index in [0.717, 1.165) is 35.1 Å². The third-order valence-electron chi connectivity index (χ3n) is 4.74. The zero-order chi connectivity index (χ0) is 17.1. The zero-order valence-corrected chi connectivity index (χ0v) is 14.0. The highest BCUT2D eigenvalue weighted by atomic mass is 16.5. The first-order chi connectivity index (χ1) is 12.3. The monoisotopic (exact) mass is 335 g/mol. The van der Waals surface area contributed by atoms with E-state index in [4.69, 9.17) is 9.15 Å². The quantitative estimate of drug-likeness (QED) is 0.782. The van der Waals surface area contributed by atoms with Crippen molar-refractivity contribution in [3.05, 3.63) is 72.0 Å². The van der Waals surface area contributed by atoms with Crippen LogP contribution in [0.25, 0.3) is 11.0 Å². The number of nitrogens with one attached hydrogen (secondary N) is 1. The van der Waals surface area contributed by atoms with Gasteiger partial charge in [0.1, 0.15) is 17.4 Å². The summed E-state index contributed by atoms with van der Waals surface area (Å²) in [5, 5.41) is 4.23. The molecule has 2 aromatic carbocycles. The van der Waals surface area contributed by atoms with E-state index in [-0.39, 0.29) is 17.9 Å². The molecule has 3 aromatic rings. The van der Waals surface area contributed by atoms with Gasteiger partial charge in [0.25, 0.3) is 0 Å². The summed E-state index contributed by atoms with van der Waals surface area (Å²) < 4.78 is 11.4. The van der Waals surface area contributed by atoms with Crippen molar-refractivity contribution in [3.63, 3.8) is 0 Å². The summed E-state index contributed by atoms with van der Waals surface area (Å²) in [7, 11) is 0. The molecule has 1 saturated heterocycles. The molecule has 4 heteroatoms. The molecule has 1 aliphatic rings. The molecule has 4 rings (SSSR count). The molecule has 1 atom stereocenters. The van der Waals surface area contributed by atoms with Gasteiger partial charge in [0.05, 0.1) is 0 Å². The first-order valence-electron chi connectivity index (χ1n) is 8.73. The molecule has 0 spiro atoms. The molecule has 0 radical (unpaired) electrons. The number of amides is 1. The Balaban J connectivity index is 1.65. The van der Waals surface area contributed by atoms with Crippen molar-refractivity contribution in [2.24, 2.45) is 5.92 Å². The predicted molar refractivity (Wildman–Crippen MR) is 96.2 cm³/mol. The van der Waals surface area contributed by atoms with Gasteiger partial charge >= 0.3 is 0 Å². The highest BCUT2D eigenvalue weighted by Gasteiger charge is 2.26. The molecule has 0 aliphatic carbocycles. The van der Waals surface area contributed by atoms with Crippen molar-refractivity contribution in [1.82, 2.24) is 5.32 Å². The van der Waals surface area contributed by atoms with E-state index < -0.39 is 0 Å². The first-order valence-corrected chi connectivity index (χ1v) is 8.73. The molecule has 1 N–H and O–H groups in total. The normalized spacial score (nSPS) is 16.6. The number of fused-ring (bicyclic) bond motifs is 1. The second kappa shape index (κ2) is 7.11. The van der Waals surface area contributed by atoms with Crippen LogP contribution in [0, 0.1) is 5.92 Å². The Morgan fingerprint density at radius 1 is 1.00 bits per heavy atom. The van der Waals surface area contributed by atoms with Crippen LogP contribution in [-0.4, -0.2) is 19.1 Å². The Morgan fingerprint density at radius 3 is 2.48 bits per heavy atom. The Kier molecular flexibility index (Phi) is 4.53. The predicted octanol–water partition coefficient (Wildman–Crippen LogP) is 4.07. The van der Waals surface area contributed by atoms with Crippen LogP contribution in [0.15, 0.2) is 65.1 Å². The number of carbonyl (C=O) groups excluding carboxylic acids is 1. The summed E-state index contributed by atoms with van der Waals surface area (Å²) in [5.41, 5.74) is 1.85. The maximum atomic E-state index is 12.8. The number of ether oxygens (including phenoxy) is 1. The molecule has 1 aliphatic heterocycles. The second-order valence-electron chi connectivity index (χ2n) is 6.43. The Morgan fingerprint density at radius 2 is 1.72 bits per heavy atom. The maximum Gasteiger partial charge on any atom is 0.224 e. The number of benzene rings is 2. The van der Waals surface area contributed by atoms with Crippen LogP contribution in [0.1, 0.15) is 30.2 Å². The zero-order valence-electron chi connectivity index (χ0n) is 14.0. The third kappa shape index (κ3) is 3.44. The molecular formula is C21H21NO3. The van der Waals surface area contributed by atoms with Gasteiger partial charge in [0.2, 0.25) is 5.91 Å². The molecular weight excluding hydrogens is 314 g/mol. The number of carbonyl (C=O) groups is 1. The van der Waals surface area contributed by atoms with E-state index >= 15 is 0 Å². The molecule has 4 nitrogen and oxygen atoms in total. The molecule has 0 saturated carbocycles. The number of hydrogen-bond donors (Lipinski definition) is 1. The van der Waals surface area contributed by atoms with Crippen molar-refractivity contribution >= 4 is 16.9 Å². The lowest BCUT2D eigenvalue weighted by Gasteiger charge is -2.24. The van der Waals surface area contributed by atoms with Crippen molar-refractivity contribution in [2.75, 3.05) is 13.2 Å². The van der Waals surface area contributed by atoms with Crippen LogP contribution in [0.2, 0.25) is 0 Å². The minimum atomic E-state index is -0.288. The first kappa shape index (κ1) is 15.9. The number of rotatable bonds is 4. The fourth-order valence-corrected chi connectivity index (χ4v) is 3.33. The van der Waals surface area contributed by atoms with Crippen LogP contribution >= 0.6 is 0 Å². The summed E-state index contributed by atoms with van der Waals surface area (Å²) in [6, 6.07) is 19.6. The highest BCUT2D eigenvalue weighted by Crippen LogP contribution is 2.29. The van der Waals surface area contributed by atoms with Gasteiger partial charge in [0.15, 0.2) is 0 Å². The van der Waals surface area contributed by atoms with Gasteiger partial charge in [-0.2, -0.15) is 0 Å². The van der Waals surface area contributed by atoms with E-state index in [9.17, 15) is 4.79 Å². The van der Waals surface area contributed by atoms with Crippen molar-refractivity contribution in [1.29, 1.82) is 0 Å². The minimum Gasteiger partial charge on any atom is -0.459 e. The molecule has 0 unspecified atom stereocenters. The molecule has 1 amide bonds. The van der Waals surface area contributed by atoms with Gasteiger partial charge in [-0.05, 0) is 30.5 Å². The molecule has 25 heavy (non-hydrogen) atoms. The van der Waals surface area contributed by atoms with Gasteiger partial charge in [-0.1, -0.05) is 48.5 Å². The lowest BCUT2D eigenvalue weighted by molar-refractivity contribution is -0.128. The lowest BCUT2D eigenvalue weighted by atomic mass is 9.97. The van der Waals surface area contributed by atoms with Crippen molar-refractivity contribution in [3.8, 4) is 0 Å². The average molecular weight is 335 g/mol. The summed E-state index contributed by atoms with van der Waals surface area (Å²) in [5.74, 6) is 0.828. The Hall–Kier alpha value is -2.59. The van der Waals surface area contributed by atoms with Crippen LogP contribution < -0.4 is 5.32 Å². The average Bonchev–Trinajstić information content (AvgIpc) is 3.11.